The van der Waals surface area contributed by atoms with Gasteiger partial charge in [-0.05, 0) is 24.1 Å². The molecule has 4 nitrogen and oxygen atoms in total. The topological polar surface area (TPSA) is 60.2 Å². The Morgan fingerprint density at radius 1 is 1.26 bits per heavy atom. The van der Waals surface area contributed by atoms with E-state index in [-0.39, 0.29) is 0 Å². The first-order valence-electron chi connectivity index (χ1n) is 6.62. The molecule has 2 aromatic rings. The van der Waals surface area contributed by atoms with Gasteiger partial charge in [-0.15, -0.1) is 0 Å². The molecular formula is C15H21N3O. The van der Waals surface area contributed by atoms with Crippen molar-refractivity contribution < 1.29 is 4.74 Å². The number of rotatable bonds is 6. The summed E-state index contributed by atoms with van der Waals surface area (Å²) in [6, 6.07) is 5.84. The van der Waals surface area contributed by atoms with Gasteiger partial charge in [0.25, 0.3) is 0 Å². The Balaban J connectivity index is 1.99. The zero-order chi connectivity index (χ0) is 13.7. The highest BCUT2D eigenvalue weighted by Crippen LogP contribution is 2.27. The van der Waals surface area contributed by atoms with Crippen molar-refractivity contribution >= 4 is 22.1 Å². The van der Waals surface area contributed by atoms with Crippen molar-refractivity contribution in [1.82, 2.24) is 4.98 Å². The van der Waals surface area contributed by atoms with E-state index in [1.807, 2.05) is 24.4 Å². The number of ether oxygens (including phenoxy) is 1. The zero-order valence-corrected chi connectivity index (χ0v) is 11.5. The van der Waals surface area contributed by atoms with Gasteiger partial charge >= 0.3 is 0 Å². The van der Waals surface area contributed by atoms with Gasteiger partial charge in [-0.25, -0.2) is 0 Å². The van der Waals surface area contributed by atoms with Gasteiger partial charge in [-0.1, -0.05) is 13.8 Å². The molecule has 0 bridgehead atoms. The maximum absolute atomic E-state index is 5.95. The van der Waals surface area contributed by atoms with Crippen molar-refractivity contribution in [3.8, 4) is 0 Å². The lowest BCUT2D eigenvalue weighted by Gasteiger charge is -2.12. The van der Waals surface area contributed by atoms with Crippen LogP contribution in [0.2, 0.25) is 0 Å². The van der Waals surface area contributed by atoms with Crippen LogP contribution in [0.25, 0.3) is 10.8 Å². The highest BCUT2D eigenvalue weighted by molar-refractivity contribution is 6.00. The van der Waals surface area contributed by atoms with Gasteiger partial charge in [0.05, 0.1) is 6.61 Å². The Labute approximate surface area is 114 Å². The summed E-state index contributed by atoms with van der Waals surface area (Å²) in [5.41, 5.74) is 7.78. The van der Waals surface area contributed by atoms with Crippen LogP contribution in [0, 0.1) is 5.92 Å². The molecule has 1 aromatic carbocycles. The Morgan fingerprint density at radius 2 is 2.11 bits per heavy atom. The third kappa shape index (κ3) is 3.58. The van der Waals surface area contributed by atoms with E-state index in [0.717, 1.165) is 35.3 Å². The fraction of sp³-hybridized carbons (Fsp3) is 0.400. The Bertz CT molecular complexity index is 540. The number of pyridine rings is 1. The number of nitrogens with zero attached hydrogens (tertiary/aromatic N) is 1. The number of benzene rings is 1. The van der Waals surface area contributed by atoms with Crippen LogP contribution in [0.3, 0.4) is 0 Å². The number of hydrogen-bond acceptors (Lipinski definition) is 4. The third-order valence-corrected chi connectivity index (χ3v) is 2.86. The fourth-order valence-electron chi connectivity index (χ4n) is 1.94. The molecule has 0 fully saturated rings. The average molecular weight is 259 g/mol. The molecule has 0 saturated carbocycles. The normalized spacial score (nSPS) is 11.1. The average Bonchev–Trinajstić information content (AvgIpc) is 2.41. The minimum Gasteiger partial charge on any atom is -0.398 e. The minimum atomic E-state index is 0.571. The van der Waals surface area contributed by atoms with Crippen LogP contribution in [0.1, 0.15) is 13.8 Å². The predicted octanol–water partition coefficient (Wildman–Crippen LogP) is 2.90. The van der Waals surface area contributed by atoms with Gasteiger partial charge in [0.1, 0.15) is 0 Å². The van der Waals surface area contributed by atoms with Gasteiger partial charge in [-0.2, -0.15) is 0 Å². The van der Waals surface area contributed by atoms with Crippen LogP contribution in [0.5, 0.6) is 0 Å². The van der Waals surface area contributed by atoms with Gasteiger partial charge < -0.3 is 15.8 Å². The number of hydrogen-bond donors (Lipinski definition) is 2. The molecule has 0 aliphatic carbocycles. The van der Waals surface area contributed by atoms with Crippen LogP contribution in [0.4, 0.5) is 11.4 Å². The Hall–Kier alpha value is -1.81. The molecule has 102 valence electrons. The van der Waals surface area contributed by atoms with Crippen molar-refractivity contribution in [2.24, 2.45) is 5.92 Å². The van der Waals surface area contributed by atoms with Crippen LogP contribution in [-0.2, 0) is 4.74 Å². The van der Waals surface area contributed by atoms with Crippen molar-refractivity contribution in [3.63, 3.8) is 0 Å². The molecule has 1 heterocycles. The lowest BCUT2D eigenvalue weighted by Crippen LogP contribution is -2.12. The van der Waals surface area contributed by atoms with Gasteiger partial charge in [0, 0.05) is 47.7 Å². The van der Waals surface area contributed by atoms with E-state index in [9.17, 15) is 0 Å². The first-order chi connectivity index (χ1) is 9.18. The minimum absolute atomic E-state index is 0.571. The number of nitrogens with two attached hydrogens (primary N) is 1. The molecule has 2 rings (SSSR count). The maximum Gasteiger partial charge on any atom is 0.0639 e. The quantitative estimate of drug-likeness (QED) is 0.618. The molecule has 4 heteroatoms. The van der Waals surface area contributed by atoms with E-state index in [1.54, 1.807) is 6.20 Å². The largest absolute Gasteiger partial charge is 0.398 e. The van der Waals surface area contributed by atoms with E-state index in [4.69, 9.17) is 10.5 Å². The summed E-state index contributed by atoms with van der Waals surface area (Å²) in [7, 11) is 0. The van der Waals surface area contributed by atoms with E-state index in [2.05, 4.69) is 24.1 Å². The number of nitrogen functional groups attached to an aromatic ring is 1. The van der Waals surface area contributed by atoms with Crippen LogP contribution >= 0.6 is 0 Å². The van der Waals surface area contributed by atoms with E-state index in [1.165, 1.54) is 0 Å². The first-order valence-corrected chi connectivity index (χ1v) is 6.62. The molecule has 0 amide bonds. The smallest absolute Gasteiger partial charge is 0.0639 e. The summed E-state index contributed by atoms with van der Waals surface area (Å²) in [6.07, 6.45) is 3.59. The van der Waals surface area contributed by atoms with Crippen molar-refractivity contribution in [2.75, 3.05) is 30.8 Å². The summed E-state index contributed by atoms with van der Waals surface area (Å²) in [4.78, 5) is 4.16. The van der Waals surface area contributed by atoms with Crippen LogP contribution in [0.15, 0.2) is 30.6 Å². The molecule has 0 aliphatic heterocycles. The molecule has 0 saturated heterocycles. The second-order valence-corrected chi connectivity index (χ2v) is 5.02. The molecule has 0 radical (unpaired) electrons. The van der Waals surface area contributed by atoms with Gasteiger partial charge in [0.2, 0.25) is 0 Å². The molecule has 0 atom stereocenters. The summed E-state index contributed by atoms with van der Waals surface area (Å²) in [6.45, 7) is 6.57. The van der Waals surface area contributed by atoms with E-state index < -0.39 is 0 Å². The van der Waals surface area contributed by atoms with E-state index in [0.29, 0.717) is 12.5 Å². The predicted molar refractivity (Wildman–Crippen MR) is 80.3 cm³/mol. The van der Waals surface area contributed by atoms with Gasteiger partial charge in [0.15, 0.2) is 0 Å². The van der Waals surface area contributed by atoms with Crippen LogP contribution in [-0.4, -0.2) is 24.7 Å². The standard InChI is InChI=1S/C15H21N3O/c1-11(2)10-19-8-7-18-15-4-3-14(16)12-5-6-17-9-13(12)15/h3-6,9,11,18H,7-8,10,16H2,1-2H3. The number of aromatic nitrogens is 1. The highest BCUT2D eigenvalue weighted by Gasteiger charge is 2.03. The zero-order valence-electron chi connectivity index (χ0n) is 11.5. The lowest BCUT2D eigenvalue weighted by molar-refractivity contribution is 0.118. The second-order valence-electron chi connectivity index (χ2n) is 5.02. The number of anilines is 2. The van der Waals surface area contributed by atoms with Crippen molar-refractivity contribution in [1.29, 1.82) is 0 Å². The number of nitrogens with one attached hydrogen (secondary N) is 1. The Kier molecular flexibility index (Phi) is 4.58. The second kappa shape index (κ2) is 6.38. The number of fused-ring (bicyclic) bond motifs is 1. The van der Waals surface area contributed by atoms with Crippen molar-refractivity contribution in [2.45, 2.75) is 13.8 Å². The Morgan fingerprint density at radius 3 is 2.89 bits per heavy atom. The molecule has 3 N–H and O–H groups in total. The molecule has 0 aliphatic rings. The highest BCUT2D eigenvalue weighted by atomic mass is 16.5. The monoisotopic (exact) mass is 259 g/mol. The fourth-order valence-corrected chi connectivity index (χ4v) is 1.94. The molecule has 19 heavy (non-hydrogen) atoms. The van der Waals surface area contributed by atoms with Crippen LogP contribution < -0.4 is 11.1 Å². The van der Waals surface area contributed by atoms with Gasteiger partial charge in [-0.3, -0.25) is 4.98 Å². The molecule has 0 unspecified atom stereocenters. The summed E-state index contributed by atoms with van der Waals surface area (Å²) in [5.74, 6) is 0.571. The third-order valence-electron chi connectivity index (χ3n) is 2.86. The molecule has 1 aromatic heterocycles. The lowest BCUT2D eigenvalue weighted by atomic mass is 10.1. The van der Waals surface area contributed by atoms with Crippen molar-refractivity contribution in [3.05, 3.63) is 30.6 Å². The SMILES string of the molecule is CC(C)COCCNc1ccc(N)c2ccncc12. The first kappa shape index (κ1) is 13.6. The van der Waals surface area contributed by atoms with E-state index >= 15 is 0 Å². The maximum atomic E-state index is 5.95. The summed E-state index contributed by atoms with van der Waals surface area (Å²) in [5, 5.41) is 5.45. The molecule has 0 spiro atoms. The summed E-state index contributed by atoms with van der Waals surface area (Å²) >= 11 is 0. The molecular weight excluding hydrogens is 238 g/mol. The summed E-state index contributed by atoms with van der Waals surface area (Å²) < 4.78 is 5.55.